The molecule has 1 saturated heterocycles. The van der Waals surface area contributed by atoms with E-state index in [0.29, 0.717) is 37.8 Å². The van der Waals surface area contributed by atoms with Gasteiger partial charge in [-0.05, 0) is 29.1 Å². The van der Waals surface area contributed by atoms with Crippen LogP contribution in [0.3, 0.4) is 0 Å². The number of aromatic nitrogens is 3. The Morgan fingerprint density at radius 3 is 2.33 bits per heavy atom. The van der Waals surface area contributed by atoms with E-state index in [1.54, 1.807) is 40.3 Å². The Morgan fingerprint density at radius 2 is 1.69 bits per heavy atom. The molecule has 0 amide bonds. The molecule has 36 heavy (non-hydrogen) atoms. The molecule has 3 heterocycles. The van der Waals surface area contributed by atoms with Gasteiger partial charge >= 0.3 is 0 Å². The average Bonchev–Trinajstić information content (AvgIpc) is 3.62. The predicted molar refractivity (Wildman–Crippen MR) is 137 cm³/mol. The normalized spacial score (nSPS) is 15.4. The summed E-state index contributed by atoms with van der Waals surface area (Å²) in [5.74, 6) is -0.257. The van der Waals surface area contributed by atoms with Crippen LogP contribution in [0.2, 0.25) is 0 Å². The van der Waals surface area contributed by atoms with E-state index in [9.17, 15) is 13.7 Å². The molecule has 0 aliphatic carbocycles. The van der Waals surface area contributed by atoms with Crippen molar-refractivity contribution in [2.45, 2.75) is 10.1 Å². The van der Waals surface area contributed by atoms with Crippen LogP contribution in [-0.2, 0) is 14.8 Å². The van der Waals surface area contributed by atoms with Gasteiger partial charge in [0, 0.05) is 13.1 Å². The fraction of sp³-hybridized carbons (Fsp3) is 0.200. The van der Waals surface area contributed by atoms with Gasteiger partial charge in [-0.1, -0.05) is 54.6 Å². The Labute approximate surface area is 213 Å². The first-order valence-electron chi connectivity index (χ1n) is 11.3. The van der Waals surface area contributed by atoms with E-state index in [1.165, 1.54) is 6.07 Å². The number of nitrogens with zero attached hydrogens (tertiary/aromatic N) is 6. The molecule has 1 aliphatic rings. The second-order valence-corrected chi connectivity index (χ2v) is 10.7. The van der Waals surface area contributed by atoms with E-state index in [-0.39, 0.29) is 15.7 Å². The molecule has 0 radical (unpaired) electrons. The lowest BCUT2D eigenvalue weighted by Gasteiger charge is -2.28. The summed E-state index contributed by atoms with van der Waals surface area (Å²) >= 11 is 1.08. The predicted octanol–water partition coefficient (Wildman–Crippen LogP) is 3.65. The van der Waals surface area contributed by atoms with Crippen molar-refractivity contribution in [3.05, 3.63) is 89.6 Å². The Bertz CT molecular complexity index is 1490. The van der Waals surface area contributed by atoms with Gasteiger partial charge in [-0.25, -0.2) is 0 Å². The van der Waals surface area contributed by atoms with Crippen LogP contribution >= 0.6 is 11.3 Å². The van der Waals surface area contributed by atoms with Gasteiger partial charge in [0.15, 0.2) is 5.82 Å². The van der Waals surface area contributed by atoms with Crippen LogP contribution in [0.5, 0.6) is 0 Å². The molecule has 0 N–H and O–H groups in total. The van der Waals surface area contributed by atoms with Crippen LogP contribution in [0.25, 0.3) is 5.69 Å². The highest BCUT2D eigenvalue weighted by molar-refractivity contribution is 7.92. The van der Waals surface area contributed by atoms with Crippen molar-refractivity contribution < 1.29 is 13.2 Å². The molecule has 9 nitrogen and oxygen atoms in total. The summed E-state index contributed by atoms with van der Waals surface area (Å²) in [5.41, 5.74) is 1.36. The van der Waals surface area contributed by atoms with Crippen molar-refractivity contribution in [3.63, 3.8) is 0 Å². The summed E-state index contributed by atoms with van der Waals surface area (Å²) in [6.45, 7) is 2.34. The molecule has 11 heteroatoms. The largest absolute Gasteiger partial charge is 0.378 e. The van der Waals surface area contributed by atoms with Crippen LogP contribution in [0.1, 0.15) is 17.3 Å². The van der Waals surface area contributed by atoms with Crippen molar-refractivity contribution in [1.29, 1.82) is 5.26 Å². The minimum atomic E-state index is -4.05. The molecular weight excluding hydrogens is 496 g/mol. The quantitative estimate of drug-likeness (QED) is 0.343. The molecule has 0 spiro atoms. The Balaban J connectivity index is 1.70. The number of morpholine rings is 1. The maximum atomic E-state index is 13.2. The molecule has 2 aromatic heterocycles. The number of ether oxygens (including phenoxy) is 1. The Kier molecular flexibility index (Phi) is 6.90. The van der Waals surface area contributed by atoms with Crippen molar-refractivity contribution in [2.75, 3.05) is 31.2 Å². The third-order valence-corrected chi connectivity index (χ3v) is 8.34. The number of benzene rings is 2. The smallest absolute Gasteiger partial charge is 0.292 e. The van der Waals surface area contributed by atoms with Crippen LogP contribution in [-0.4, -0.2) is 55.2 Å². The van der Waals surface area contributed by atoms with Gasteiger partial charge < -0.3 is 9.64 Å². The number of hydrogen-bond donors (Lipinski definition) is 0. The van der Waals surface area contributed by atoms with Gasteiger partial charge in [0.05, 0.1) is 30.7 Å². The molecule has 1 fully saturated rings. The molecule has 0 saturated carbocycles. The molecule has 5 rings (SSSR count). The van der Waals surface area contributed by atoms with Crippen LogP contribution in [0.15, 0.2) is 86.8 Å². The summed E-state index contributed by atoms with van der Waals surface area (Å²) in [7, 11) is -4.05. The molecule has 1 unspecified atom stereocenters. The van der Waals surface area contributed by atoms with Crippen LogP contribution < -0.4 is 4.90 Å². The summed E-state index contributed by atoms with van der Waals surface area (Å²) in [6.07, 6.45) is 0. The summed E-state index contributed by atoms with van der Waals surface area (Å²) in [5, 5.41) is 20.9. The molecule has 2 aromatic carbocycles. The van der Waals surface area contributed by atoms with Gasteiger partial charge in [-0.2, -0.15) is 18.1 Å². The average molecular weight is 519 g/mol. The first-order valence-corrected chi connectivity index (χ1v) is 13.6. The van der Waals surface area contributed by atoms with E-state index in [1.807, 2.05) is 41.3 Å². The zero-order valence-electron chi connectivity index (χ0n) is 19.1. The summed E-state index contributed by atoms with van der Waals surface area (Å²) in [6, 6.07) is 23.7. The Morgan fingerprint density at radius 1 is 1.00 bits per heavy atom. The number of thiophene rings is 1. The number of sulfonamides is 1. The highest BCUT2D eigenvalue weighted by Crippen LogP contribution is 2.30. The maximum Gasteiger partial charge on any atom is 0.292 e. The van der Waals surface area contributed by atoms with Gasteiger partial charge in [0.25, 0.3) is 10.0 Å². The highest BCUT2D eigenvalue weighted by atomic mass is 32.2. The number of anilines is 1. The van der Waals surface area contributed by atoms with Gasteiger partial charge in [0.1, 0.15) is 10.1 Å². The molecule has 182 valence electrons. The third kappa shape index (κ3) is 4.79. The van der Waals surface area contributed by atoms with E-state index in [2.05, 4.69) is 20.7 Å². The molecular formula is C25H22N6O3S2. The minimum Gasteiger partial charge on any atom is -0.378 e. The SMILES string of the molecule is N#CC(C(=NS(=O)(=O)c1cccs1)c1ccccc1)c1nnc(N2CCOCC2)n1-c1ccccc1. The van der Waals surface area contributed by atoms with E-state index >= 15 is 0 Å². The van der Waals surface area contributed by atoms with Crippen molar-refractivity contribution in [3.8, 4) is 11.8 Å². The number of hydrogen-bond acceptors (Lipinski definition) is 8. The molecule has 1 aliphatic heterocycles. The second kappa shape index (κ2) is 10.4. The molecule has 0 bridgehead atoms. The van der Waals surface area contributed by atoms with E-state index in [4.69, 9.17) is 4.74 Å². The van der Waals surface area contributed by atoms with Crippen molar-refractivity contribution in [1.82, 2.24) is 14.8 Å². The highest BCUT2D eigenvalue weighted by Gasteiger charge is 2.31. The monoisotopic (exact) mass is 518 g/mol. The lowest BCUT2D eigenvalue weighted by Crippen LogP contribution is -2.38. The minimum absolute atomic E-state index is 0.0876. The number of nitriles is 1. The summed E-state index contributed by atoms with van der Waals surface area (Å²) < 4.78 is 38.0. The number of rotatable bonds is 7. The third-order valence-electron chi connectivity index (χ3n) is 5.68. The van der Waals surface area contributed by atoms with E-state index < -0.39 is 15.9 Å². The first kappa shape index (κ1) is 23.9. The fourth-order valence-electron chi connectivity index (χ4n) is 3.97. The first-order chi connectivity index (χ1) is 17.6. The molecule has 1 atom stereocenters. The Hall–Kier alpha value is -3.85. The standard InChI is InChI=1S/C25H22N6O3S2/c26-18-21(23(19-8-3-1-4-9-19)29-36(32,33)22-12-7-17-35-22)24-27-28-25(30-13-15-34-16-14-30)31(24)20-10-5-2-6-11-20/h1-12,17,21H,13-16H2. The van der Waals surface area contributed by atoms with Crippen LogP contribution in [0.4, 0.5) is 5.95 Å². The van der Waals surface area contributed by atoms with Crippen molar-refractivity contribution >= 4 is 33.0 Å². The summed E-state index contributed by atoms with van der Waals surface area (Å²) in [4.78, 5) is 2.04. The zero-order valence-corrected chi connectivity index (χ0v) is 20.8. The van der Waals surface area contributed by atoms with Crippen LogP contribution in [0, 0.1) is 11.3 Å². The lowest BCUT2D eigenvalue weighted by atomic mass is 9.97. The van der Waals surface area contributed by atoms with E-state index in [0.717, 1.165) is 17.0 Å². The maximum absolute atomic E-state index is 13.2. The van der Waals surface area contributed by atoms with Crippen molar-refractivity contribution in [2.24, 2.45) is 4.40 Å². The fourth-order valence-corrected chi connectivity index (χ4v) is 6.00. The van der Waals surface area contributed by atoms with Gasteiger partial charge in [0.2, 0.25) is 5.95 Å². The van der Waals surface area contributed by atoms with Gasteiger partial charge in [-0.3, -0.25) is 4.57 Å². The molecule has 4 aromatic rings. The number of para-hydroxylation sites is 1. The second-order valence-electron chi connectivity index (χ2n) is 7.94. The lowest BCUT2D eigenvalue weighted by molar-refractivity contribution is 0.122. The topological polar surface area (TPSA) is 113 Å². The van der Waals surface area contributed by atoms with Gasteiger partial charge in [-0.15, -0.1) is 21.5 Å². The zero-order chi connectivity index (χ0) is 25.0.